The van der Waals surface area contributed by atoms with Crippen molar-refractivity contribution in [2.24, 2.45) is 5.41 Å². The number of fused-ring (bicyclic) bond motifs is 1. The Morgan fingerprint density at radius 1 is 1.16 bits per heavy atom. The molecule has 2 aliphatic heterocycles. The third-order valence-electron chi connectivity index (χ3n) is 6.57. The Morgan fingerprint density at radius 2 is 1.95 bits per heavy atom. The quantitative estimate of drug-likeness (QED) is 0.344. The first-order valence-corrected chi connectivity index (χ1v) is 13.0. The molecular weight excluding hydrogens is 494 g/mol. The average Bonchev–Trinajstić information content (AvgIpc) is 3.51. The zero-order valence-corrected chi connectivity index (χ0v) is 21.8. The molecule has 3 heterocycles. The second kappa shape index (κ2) is 10.1. The number of benzene rings is 2. The first-order chi connectivity index (χ1) is 17.7. The third-order valence-corrected chi connectivity index (χ3v) is 7.10. The summed E-state index contributed by atoms with van der Waals surface area (Å²) < 4.78 is 19.9. The molecule has 0 bridgehead atoms. The van der Waals surface area contributed by atoms with Crippen molar-refractivity contribution in [1.29, 1.82) is 0 Å². The number of anilines is 3. The van der Waals surface area contributed by atoms with Gasteiger partial charge in [0.15, 0.2) is 28.9 Å². The molecule has 37 heavy (non-hydrogen) atoms. The predicted octanol–water partition coefficient (Wildman–Crippen LogP) is 4.51. The zero-order valence-electron chi connectivity index (χ0n) is 21.0. The summed E-state index contributed by atoms with van der Waals surface area (Å²) in [6.07, 6.45) is 0.853. The minimum absolute atomic E-state index is 0.140. The number of nitrogens with one attached hydrogen (secondary N) is 2. The minimum Gasteiger partial charge on any atom is -0.505 e. The lowest BCUT2D eigenvalue weighted by Crippen LogP contribution is -2.42. The summed E-state index contributed by atoms with van der Waals surface area (Å²) in [6.45, 7) is 7.39. The smallest absolute Gasteiger partial charge is 0.257 e. The molecule has 0 spiro atoms. The molecule has 0 aliphatic carbocycles. The van der Waals surface area contributed by atoms with Crippen molar-refractivity contribution in [2.45, 2.75) is 45.8 Å². The van der Waals surface area contributed by atoms with Crippen LogP contribution in [0.4, 0.5) is 17.3 Å². The van der Waals surface area contributed by atoms with Gasteiger partial charge in [-0.1, -0.05) is 32.9 Å². The molecule has 1 saturated heterocycles. The Balaban J connectivity index is 1.38. The fourth-order valence-electron chi connectivity index (χ4n) is 4.65. The van der Waals surface area contributed by atoms with E-state index in [-0.39, 0.29) is 42.0 Å². The number of para-hydroxylation sites is 1. The molecule has 0 radical (unpaired) electrons. The molecule has 196 valence electrons. The highest BCUT2D eigenvalue weighted by Gasteiger charge is 2.30. The predicted molar refractivity (Wildman–Crippen MR) is 141 cm³/mol. The Hall–Kier alpha value is -3.57. The molecule has 11 heteroatoms. The van der Waals surface area contributed by atoms with E-state index in [4.69, 9.17) is 9.47 Å². The molecule has 1 fully saturated rings. The van der Waals surface area contributed by atoms with Gasteiger partial charge in [-0.15, -0.1) is 0 Å². The number of phenolic OH excluding ortho intramolecular Hbond substituents is 1. The van der Waals surface area contributed by atoms with Crippen molar-refractivity contribution >= 4 is 35.0 Å². The van der Waals surface area contributed by atoms with E-state index in [1.54, 1.807) is 23.1 Å². The molecule has 0 saturated carbocycles. The molecule has 1 aromatic heterocycles. The summed E-state index contributed by atoms with van der Waals surface area (Å²) in [4.78, 5) is 14.6. The number of hydrogen-bond donors (Lipinski definition) is 4. The van der Waals surface area contributed by atoms with Crippen LogP contribution in [0.5, 0.6) is 17.2 Å². The van der Waals surface area contributed by atoms with Crippen LogP contribution in [0.3, 0.4) is 0 Å². The number of aromatic hydroxyl groups is 1. The Labute approximate surface area is 219 Å². The maximum atomic E-state index is 13.1. The number of aliphatic hydroxyl groups is 1. The van der Waals surface area contributed by atoms with Gasteiger partial charge in [-0.3, -0.25) is 4.79 Å². The van der Waals surface area contributed by atoms with E-state index in [0.717, 1.165) is 29.5 Å². The number of phenols is 1. The van der Waals surface area contributed by atoms with Crippen molar-refractivity contribution < 1.29 is 24.5 Å². The Kier molecular flexibility index (Phi) is 6.82. The van der Waals surface area contributed by atoms with Crippen molar-refractivity contribution in [3.8, 4) is 17.2 Å². The van der Waals surface area contributed by atoms with Crippen LogP contribution in [0, 0.1) is 5.41 Å². The number of likely N-dealkylation sites (tertiary alicyclic amines) is 1. The van der Waals surface area contributed by atoms with Gasteiger partial charge in [0.2, 0.25) is 6.79 Å². The van der Waals surface area contributed by atoms with Crippen LogP contribution in [0.1, 0.15) is 55.6 Å². The molecule has 2 atom stereocenters. The molecule has 1 amide bonds. The number of carbonyl (C=O) groups excluding carboxylic acids is 1. The van der Waals surface area contributed by atoms with E-state index in [0.29, 0.717) is 36.0 Å². The minimum atomic E-state index is -0.545. The highest BCUT2D eigenvalue weighted by atomic mass is 32.1. The number of β-amino-alcohol motifs (C(OH)–C–C–N with tert-alkyl or cyclic N) is 1. The summed E-state index contributed by atoms with van der Waals surface area (Å²) >= 11 is 1.04. The van der Waals surface area contributed by atoms with E-state index < -0.39 is 6.10 Å². The topological polar surface area (TPSA) is 129 Å². The fraction of sp³-hybridized carbons (Fsp3) is 0.423. The van der Waals surface area contributed by atoms with E-state index >= 15 is 0 Å². The standard InChI is InChI=1S/C26H31N5O5S/c1-26(2,3)22(15-9-10-19-20(12-15)36-14-35-19)28-24-23(29-37-30-24)27-18-8-4-7-17(21(18)33)25(34)31-11-5-6-16(32)13-31/h4,7-10,12,16,22,32-33H,5-6,11,13-14H2,1-3H3,(H,27,29)(H,28,30). The third kappa shape index (κ3) is 5.28. The van der Waals surface area contributed by atoms with Crippen LogP contribution in [-0.2, 0) is 0 Å². The van der Waals surface area contributed by atoms with Crippen molar-refractivity contribution in [2.75, 3.05) is 30.5 Å². The largest absolute Gasteiger partial charge is 0.505 e. The molecule has 10 nitrogen and oxygen atoms in total. The summed E-state index contributed by atoms with van der Waals surface area (Å²) in [6, 6.07) is 10.7. The molecule has 4 N–H and O–H groups in total. The maximum Gasteiger partial charge on any atom is 0.257 e. The molecule has 2 aliphatic rings. The molecule has 5 rings (SSSR count). The van der Waals surface area contributed by atoms with Gasteiger partial charge in [-0.05, 0) is 48.1 Å². The highest BCUT2D eigenvalue weighted by Crippen LogP contribution is 2.42. The van der Waals surface area contributed by atoms with Crippen LogP contribution in [0.2, 0.25) is 0 Å². The van der Waals surface area contributed by atoms with Crippen LogP contribution in [-0.4, -0.2) is 55.8 Å². The van der Waals surface area contributed by atoms with Gasteiger partial charge in [0, 0.05) is 13.1 Å². The summed E-state index contributed by atoms with van der Waals surface area (Å²) in [5.74, 6) is 1.90. The Morgan fingerprint density at radius 3 is 2.73 bits per heavy atom. The number of aliphatic hydroxyl groups excluding tert-OH is 1. The summed E-state index contributed by atoms with van der Waals surface area (Å²) in [7, 11) is 0. The van der Waals surface area contributed by atoms with Gasteiger partial charge >= 0.3 is 0 Å². The van der Waals surface area contributed by atoms with E-state index in [1.807, 2.05) is 18.2 Å². The average molecular weight is 526 g/mol. The first kappa shape index (κ1) is 25.1. The van der Waals surface area contributed by atoms with Crippen LogP contribution >= 0.6 is 11.7 Å². The van der Waals surface area contributed by atoms with Gasteiger partial charge in [-0.2, -0.15) is 8.75 Å². The van der Waals surface area contributed by atoms with E-state index in [2.05, 4.69) is 40.2 Å². The van der Waals surface area contributed by atoms with Gasteiger partial charge in [0.05, 0.1) is 35.1 Å². The second-order valence-electron chi connectivity index (χ2n) is 10.4. The number of hydrogen-bond acceptors (Lipinski definition) is 10. The number of rotatable bonds is 6. The van der Waals surface area contributed by atoms with Crippen molar-refractivity contribution in [3.63, 3.8) is 0 Å². The van der Waals surface area contributed by atoms with Gasteiger partial charge < -0.3 is 35.2 Å². The zero-order chi connectivity index (χ0) is 26.2. The van der Waals surface area contributed by atoms with Gasteiger partial charge in [0.25, 0.3) is 5.91 Å². The van der Waals surface area contributed by atoms with Crippen molar-refractivity contribution in [3.05, 3.63) is 47.5 Å². The Bertz CT molecular complexity index is 1290. The molecule has 3 aromatic rings. The fourth-order valence-corrected chi connectivity index (χ4v) is 5.12. The highest BCUT2D eigenvalue weighted by molar-refractivity contribution is 6.99. The number of piperidine rings is 1. The molecule has 2 aromatic carbocycles. The van der Waals surface area contributed by atoms with E-state index in [1.165, 1.54) is 0 Å². The van der Waals surface area contributed by atoms with Crippen LogP contribution < -0.4 is 20.1 Å². The SMILES string of the molecule is CC(C)(C)C(Nc1nsnc1Nc1cccc(C(=O)N2CCCC(O)C2)c1O)c1ccc2c(c1)OCO2. The monoisotopic (exact) mass is 525 g/mol. The van der Waals surface area contributed by atoms with Crippen LogP contribution in [0.15, 0.2) is 36.4 Å². The lowest BCUT2D eigenvalue weighted by atomic mass is 9.82. The number of nitrogens with zero attached hydrogens (tertiary/aromatic N) is 3. The van der Waals surface area contributed by atoms with Gasteiger partial charge in [-0.25, -0.2) is 0 Å². The van der Waals surface area contributed by atoms with Crippen LogP contribution in [0.25, 0.3) is 0 Å². The number of aromatic nitrogens is 2. The van der Waals surface area contributed by atoms with Crippen molar-refractivity contribution in [1.82, 2.24) is 13.6 Å². The summed E-state index contributed by atoms with van der Waals surface area (Å²) in [5.41, 5.74) is 1.33. The second-order valence-corrected chi connectivity index (χ2v) is 10.9. The normalized spacial score (nSPS) is 17.9. The molecular formula is C26H31N5O5S. The summed E-state index contributed by atoms with van der Waals surface area (Å²) in [5, 5.41) is 27.6. The molecule has 2 unspecified atom stereocenters. The lowest BCUT2D eigenvalue weighted by molar-refractivity contribution is 0.0471. The van der Waals surface area contributed by atoms with Gasteiger partial charge in [0.1, 0.15) is 0 Å². The first-order valence-electron chi connectivity index (χ1n) is 12.3. The number of carbonyl (C=O) groups is 1. The number of ether oxygens (including phenoxy) is 2. The lowest BCUT2D eigenvalue weighted by Gasteiger charge is -2.32. The van der Waals surface area contributed by atoms with E-state index in [9.17, 15) is 15.0 Å². The maximum absolute atomic E-state index is 13.1. The number of amides is 1.